The van der Waals surface area contributed by atoms with Gasteiger partial charge in [0.15, 0.2) is 0 Å². The third-order valence-corrected chi connectivity index (χ3v) is 4.50. The molecule has 1 saturated heterocycles. The predicted molar refractivity (Wildman–Crippen MR) is 83.0 cm³/mol. The highest BCUT2D eigenvalue weighted by atomic mass is 32.2. The summed E-state index contributed by atoms with van der Waals surface area (Å²) in [6, 6.07) is 8.82. The second-order valence-electron chi connectivity index (χ2n) is 5.53. The fourth-order valence-corrected chi connectivity index (χ4v) is 3.42. The van der Waals surface area contributed by atoms with E-state index in [-0.39, 0.29) is 0 Å². The Morgan fingerprint density at radius 3 is 2.42 bits per heavy atom. The first kappa shape index (κ1) is 14.9. The summed E-state index contributed by atoms with van der Waals surface area (Å²) in [5.41, 5.74) is 1.33. The molecule has 0 N–H and O–H groups in total. The molecule has 2 nitrogen and oxygen atoms in total. The zero-order valence-corrected chi connectivity index (χ0v) is 13.1. The normalized spacial score (nSPS) is 24.6. The fraction of sp³-hybridized carbons (Fsp3) is 0.625. The fourth-order valence-electron chi connectivity index (χ4n) is 2.58. The lowest BCUT2D eigenvalue weighted by Crippen LogP contribution is -2.45. The van der Waals surface area contributed by atoms with Crippen LogP contribution in [0.15, 0.2) is 29.2 Å². The largest absolute Gasteiger partial charge is 0.373 e. The van der Waals surface area contributed by atoms with Crippen molar-refractivity contribution in [2.24, 2.45) is 0 Å². The lowest BCUT2D eigenvalue weighted by Gasteiger charge is -2.35. The highest BCUT2D eigenvalue weighted by Gasteiger charge is 2.21. The van der Waals surface area contributed by atoms with Gasteiger partial charge >= 0.3 is 0 Å². The SMILES string of the molecule is Cc1ccc(SCCCN2C[C@@H](C)O[C@@H](C)C2)cc1. The monoisotopic (exact) mass is 279 g/mol. The van der Waals surface area contributed by atoms with E-state index >= 15 is 0 Å². The van der Waals surface area contributed by atoms with Gasteiger partial charge in [0.25, 0.3) is 0 Å². The lowest BCUT2D eigenvalue weighted by atomic mass is 10.2. The average Bonchev–Trinajstić information content (AvgIpc) is 2.36. The first-order valence-corrected chi connectivity index (χ1v) is 8.19. The number of hydrogen-bond acceptors (Lipinski definition) is 3. The molecule has 1 fully saturated rings. The Kier molecular flexibility index (Phi) is 5.74. The predicted octanol–water partition coefficient (Wildman–Crippen LogP) is 3.59. The molecule has 2 atom stereocenters. The molecule has 0 bridgehead atoms. The minimum atomic E-state index is 0.383. The molecule has 1 aliphatic rings. The van der Waals surface area contributed by atoms with Gasteiger partial charge in [-0.2, -0.15) is 0 Å². The number of aryl methyl sites for hydroxylation is 1. The Hall–Kier alpha value is -0.510. The Labute approximate surface area is 121 Å². The van der Waals surface area contributed by atoms with Gasteiger partial charge in [0.2, 0.25) is 0 Å². The van der Waals surface area contributed by atoms with Crippen molar-refractivity contribution in [3.05, 3.63) is 29.8 Å². The van der Waals surface area contributed by atoms with Crippen LogP contribution >= 0.6 is 11.8 Å². The van der Waals surface area contributed by atoms with E-state index in [4.69, 9.17) is 4.74 Å². The first-order chi connectivity index (χ1) is 9.13. The van der Waals surface area contributed by atoms with Gasteiger partial charge in [-0.25, -0.2) is 0 Å². The molecule has 1 aromatic rings. The highest BCUT2D eigenvalue weighted by molar-refractivity contribution is 7.99. The van der Waals surface area contributed by atoms with E-state index in [1.165, 1.54) is 29.2 Å². The topological polar surface area (TPSA) is 12.5 Å². The number of ether oxygens (including phenoxy) is 1. The van der Waals surface area contributed by atoms with Crippen LogP contribution in [0.5, 0.6) is 0 Å². The summed E-state index contributed by atoms with van der Waals surface area (Å²) in [5, 5.41) is 0. The zero-order chi connectivity index (χ0) is 13.7. The Morgan fingerprint density at radius 2 is 1.79 bits per heavy atom. The van der Waals surface area contributed by atoms with Crippen LogP contribution in [-0.4, -0.2) is 42.5 Å². The molecule has 1 aliphatic heterocycles. The van der Waals surface area contributed by atoms with E-state index in [9.17, 15) is 0 Å². The van der Waals surface area contributed by atoms with E-state index < -0.39 is 0 Å². The van der Waals surface area contributed by atoms with Crippen LogP contribution in [0.4, 0.5) is 0 Å². The van der Waals surface area contributed by atoms with Crippen molar-refractivity contribution in [2.45, 2.75) is 44.3 Å². The maximum atomic E-state index is 5.76. The van der Waals surface area contributed by atoms with E-state index in [1.807, 2.05) is 11.8 Å². The van der Waals surface area contributed by atoms with Crippen LogP contribution in [0.25, 0.3) is 0 Å². The molecule has 2 rings (SSSR count). The Balaban J connectivity index is 1.65. The van der Waals surface area contributed by atoms with Gasteiger partial charge in [0.05, 0.1) is 12.2 Å². The second kappa shape index (κ2) is 7.32. The van der Waals surface area contributed by atoms with Crippen molar-refractivity contribution in [3.8, 4) is 0 Å². The smallest absolute Gasteiger partial charge is 0.0678 e. The number of nitrogens with zero attached hydrogens (tertiary/aromatic N) is 1. The molecular weight excluding hydrogens is 254 g/mol. The lowest BCUT2D eigenvalue weighted by molar-refractivity contribution is -0.0677. The van der Waals surface area contributed by atoms with Crippen molar-refractivity contribution in [2.75, 3.05) is 25.4 Å². The van der Waals surface area contributed by atoms with E-state index in [0.29, 0.717) is 12.2 Å². The summed E-state index contributed by atoms with van der Waals surface area (Å²) in [4.78, 5) is 3.92. The van der Waals surface area contributed by atoms with Crippen LogP contribution in [0.3, 0.4) is 0 Å². The summed E-state index contributed by atoms with van der Waals surface area (Å²) >= 11 is 1.96. The van der Waals surface area contributed by atoms with Gasteiger partial charge in [-0.15, -0.1) is 11.8 Å². The van der Waals surface area contributed by atoms with Crippen LogP contribution in [-0.2, 0) is 4.74 Å². The van der Waals surface area contributed by atoms with Gasteiger partial charge in [-0.05, 0) is 51.6 Å². The summed E-state index contributed by atoms with van der Waals surface area (Å²) in [7, 11) is 0. The van der Waals surface area contributed by atoms with E-state index in [2.05, 4.69) is 49.9 Å². The molecule has 19 heavy (non-hydrogen) atoms. The summed E-state index contributed by atoms with van der Waals surface area (Å²) < 4.78 is 5.76. The minimum Gasteiger partial charge on any atom is -0.373 e. The standard InChI is InChI=1S/C16H25NOS/c1-13-5-7-16(8-6-13)19-10-4-9-17-11-14(2)18-15(3)12-17/h5-8,14-15H,4,9-12H2,1-3H3/t14-,15+. The molecule has 0 saturated carbocycles. The number of hydrogen-bond donors (Lipinski definition) is 0. The van der Waals surface area contributed by atoms with Crippen LogP contribution in [0, 0.1) is 6.92 Å². The van der Waals surface area contributed by atoms with Crippen molar-refractivity contribution in [1.82, 2.24) is 4.90 Å². The zero-order valence-electron chi connectivity index (χ0n) is 12.3. The highest BCUT2D eigenvalue weighted by Crippen LogP contribution is 2.19. The van der Waals surface area contributed by atoms with Crippen molar-refractivity contribution in [3.63, 3.8) is 0 Å². The molecule has 1 heterocycles. The molecule has 0 radical (unpaired) electrons. The van der Waals surface area contributed by atoms with Crippen LogP contribution < -0.4 is 0 Å². The Morgan fingerprint density at radius 1 is 1.16 bits per heavy atom. The summed E-state index contributed by atoms with van der Waals surface area (Å²) in [6.07, 6.45) is 2.01. The van der Waals surface area contributed by atoms with Crippen molar-refractivity contribution in [1.29, 1.82) is 0 Å². The third-order valence-electron chi connectivity index (χ3n) is 3.40. The van der Waals surface area contributed by atoms with Crippen LogP contribution in [0.2, 0.25) is 0 Å². The Bertz CT molecular complexity index is 369. The average molecular weight is 279 g/mol. The summed E-state index contributed by atoms with van der Waals surface area (Å²) in [6.45, 7) is 9.83. The van der Waals surface area contributed by atoms with Gasteiger partial charge < -0.3 is 4.74 Å². The van der Waals surface area contributed by atoms with Gasteiger partial charge in [0.1, 0.15) is 0 Å². The minimum absolute atomic E-state index is 0.383. The molecule has 1 aromatic carbocycles. The molecule has 0 aliphatic carbocycles. The molecule has 106 valence electrons. The van der Waals surface area contributed by atoms with Gasteiger partial charge in [0, 0.05) is 18.0 Å². The number of rotatable bonds is 5. The molecule has 0 aromatic heterocycles. The van der Waals surface area contributed by atoms with Crippen molar-refractivity contribution >= 4 is 11.8 Å². The van der Waals surface area contributed by atoms with Crippen LogP contribution in [0.1, 0.15) is 25.8 Å². The number of thioether (sulfide) groups is 1. The maximum absolute atomic E-state index is 5.76. The van der Waals surface area contributed by atoms with Gasteiger partial charge in [-0.3, -0.25) is 4.90 Å². The second-order valence-corrected chi connectivity index (χ2v) is 6.70. The molecule has 0 amide bonds. The quantitative estimate of drug-likeness (QED) is 0.604. The molecule has 3 heteroatoms. The number of morpholine rings is 1. The third kappa shape index (κ3) is 5.17. The molecule has 0 unspecified atom stereocenters. The summed E-state index contributed by atoms with van der Waals surface area (Å²) in [5.74, 6) is 1.20. The maximum Gasteiger partial charge on any atom is 0.0678 e. The van der Waals surface area contributed by atoms with Gasteiger partial charge in [-0.1, -0.05) is 17.7 Å². The van der Waals surface area contributed by atoms with Crippen molar-refractivity contribution < 1.29 is 4.74 Å². The van der Waals surface area contributed by atoms with E-state index in [0.717, 1.165) is 13.1 Å². The number of benzene rings is 1. The molecule has 0 spiro atoms. The van der Waals surface area contributed by atoms with E-state index in [1.54, 1.807) is 0 Å². The molecular formula is C16H25NOS. The first-order valence-electron chi connectivity index (χ1n) is 7.21.